The summed E-state index contributed by atoms with van der Waals surface area (Å²) >= 11 is 8.41. The van der Waals surface area contributed by atoms with Gasteiger partial charge in [-0.15, -0.1) is 11.3 Å². The number of nitrogens with zero attached hydrogens (tertiary/aromatic N) is 3. The zero-order chi connectivity index (χ0) is 25.4. The van der Waals surface area contributed by atoms with Gasteiger partial charge in [-0.3, -0.25) is 9.69 Å². The van der Waals surface area contributed by atoms with Crippen molar-refractivity contribution in [1.29, 1.82) is 0 Å². The summed E-state index contributed by atoms with van der Waals surface area (Å²) in [7, 11) is -2.14. The van der Waals surface area contributed by atoms with Gasteiger partial charge in [0, 0.05) is 13.1 Å². The number of rotatable bonds is 7. The van der Waals surface area contributed by atoms with Crippen LogP contribution in [0, 0.1) is 12.8 Å². The van der Waals surface area contributed by atoms with Crippen LogP contribution in [0.4, 0.5) is 5.13 Å². The van der Waals surface area contributed by atoms with E-state index in [-0.39, 0.29) is 23.2 Å². The number of aryl methyl sites for hydroxylation is 1. The van der Waals surface area contributed by atoms with Gasteiger partial charge >= 0.3 is 0 Å². The lowest BCUT2D eigenvalue weighted by molar-refractivity contribution is -0.123. The second-order valence-electron chi connectivity index (χ2n) is 8.52. The van der Waals surface area contributed by atoms with Crippen LogP contribution in [0.5, 0.6) is 5.75 Å². The summed E-state index contributed by atoms with van der Waals surface area (Å²) in [6, 6.07) is 10.5. The summed E-state index contributed by atoms with van der Waals surface area (Å²) in [5, 5.41) is 0.518. The van der Waals surface area contributed by atoms with Gasteiger partial charge in [-0.2, -0.15) is 4.31 Å². The predicted octanol–water partition coefficient (Wildman–Crippen LogP) is 5.56. The van der Waals surface area contributed by atoms with E-state index in [0.29, 0.717) is 45.9 Å². The van der Waals surface area contributed by atoms with Crippen LogP contribution in [0.15, 0.2) is 51.3 Å². The molecule has 1 aliphatic heterocycles. The fraction of sp³-hybridized carbons (Fsp3) is 0.333. The summed E-state index contributed by atoms with van der Waals surface area (Å²) in [6.45, 7) is 2.63. The molecule has 1 aromatic carbocycles. The van der Waals surface area contributed by atoms with Crippen LogP contribution < -0.4 is 9.64 Å². The van der Waals surface area contributed by atoms with E-state index in [1.165, 1.54) is 21.7 Å². The first-order chi connectivity index (χ1) is 17.3. The van der Waals surface area contributed by atoms with Crippen LogP contribution in [0.3, 0.4) is 0 Å². The van der Waals surface area contributed by atoms with Crippen LogP contribution in [0.1, 0.15) is 24.2 Å². The number of methoxy groups -OCH3 is 1. The summed E-state index contributed by atoms with van der Waals surface area (Å²) < 4.78 is 40.4. The maximum atomic E-state index is 13.9. The van der Waals surface area contributed by atoms with Crippen molar-refractivity contribution in [2.45, 2.75) is 30.5 Å². The lowest BCUT2D eigenvalue weighted by Gasteiger charge is -2.33. The number of anilines is 1. The molecule has 1 amide bonds. The molecule has 0 aliphatic carbocycles. The molecular formula is C24H24ClN3O5S3. The summed E-state index contributed by atoms with van der Waals surface area (Å²) in [4.78, 5) is 20.3. The van der Waals surface area contributed by atoms with Crippen LogP contribution in [0.25, 0.3) is 10.2 Å². The Kier molecular flexibility index (Phi) is 7.10. The first kappa shape index (κ1) is 25.2. The lowest BCUT2D eigenvalue weighted by atomic mass is 9.98. The molecule has 3 aromatic heterocycles. The van der Waals surface area contributed by atoms with Gasteiger partial charge in [-0.25, -0.2) is 13.4 Å². The lowest BCUT2D eigenvalue weighted by Crippen LogP contribution is -2.46. The van der Waals surface area contributed by atoms with Crippen molar-refractivity contribution in [2.24, 2.45) is 5.92 Å². The van der Waals surface area contributed by atoms with Crippen molar-refractivity contribution in [3.05, 3.63) is 58.3 Å². The fourth-order valence-electron chi connectivity index (χ4n) is 4.32. The number of benzene rings is 1. The molecule has 1 aliphatic rings. The van der Waals surface area contributed by atoms with E-state index < -0.39 is 15.9 Å². The summed E-state index contributed by atoms with van der Waals surface area (Å²) in [6.07, 6.45) is 2.72. The molecule has 0 N–H and O–H groups in total. The van der Waals surface area contributed by atoms with Gasteiger partial charge in [0.1, 0.15) is 21.2 Å². The van der Waals surface area contributed by atoms with Crippen molar-refractivity contribution in [1.82, 2.24) is 9.29 Å². The molecule has 0 saturated carbocycles. The van der Waals surface area contributed by atoms with Crippen LogP contribution >= 0.6 is 34.3 Å². The van der Waals surface area contributed by atoms with Crippen molar-refractivity contribution >= 4 is 65.6 Å². The Morgan fingerprint density at radius 3 is 2.81 bits per heavy atom. The molecule has 1 unspecified atom stereocenters. The predicted molar refractivity (Wildman–Crippen MR) is 142 cm³/mol. The van der Waals surface area contributed by atoms with E-state index in [1.807, 2.05) is 19.1 Å². The number of hydrogen-bond donors (Lipinski definition) is 0. The third-order valence-electron chi connectivity index (χ3n) is 6.18. The average molecular weight is 566 g/mol. The zero-order valence-electron chi connectivity index (χ0n) is 19.6. The molecule has 1 atom stereocenters. The molecular weight excluding hydrogens is 542 g/mol. The molecule has 8 nitrogen and oxygen atoms in total. The molecule has 4 aromatic rings. The first-order valence-electron chi connectivity index (χ1n) is 11.3. The quantitative estimate of drug-likeness (QED) is 0.291. The molecule has 1 fully saturated rings. The number of ether oxygens (including phenoxy) is 1. The monoisotopic (exact) mass is 565 g/mol. The highest BCUT2D eigenvalue weighted by atomic mass is 35.5. The van der Waals surface area contributed by atoms with Gasteiger partial charge in [0.15, 0.2) is 5.13 Å². The van der Waals surface area contributed by atoms with Gasteiger partial charge in [0.2, 0.25) is 5.91 Å². The van der Waals surface area contributed by atoms with Crippen LogP contribution in [0.2, 0.25) is 4.34 Å². The van der Waals surface area contributed by atoms with Crippen molar-refractivity contribution in [2.75, 3.05) is 25.1 Å². The second-order valence-corrected chi connectivity index (χ2v) is 13.4. The topological polar surface area (TPSA) is 93.0 Å². The third-order valence-corrected chi connectivity index (χ3v) is 11.0. The normalized spacial score (nSPS) is 16.9. The SMILES string of the molecule is COc1ccc(C)c2sc(N(Cc3ccco3)C(=O)C3CCCN(S(=O)(=O)c4ccc(Cl)s4)C3)nc12. The van der Waals surface area contributed by atoms with E-state index >= 15 is 0 Å². The Morgan fingerprint density at radius 1 is 1.28 bits per heavy atom. The minimum Gasteiger partial charge on any atom is -0.494 e. The Morgan fingerprint density at radius 2 is 2.11 bits per heavy atom. The van der Waals surface area contributed by atoms with Gasteiger partial charge in [0.25, 0.3) is 10.0 Å². The highest BCUT2D eigenvalue weighted by Gasteiger charge is 2.37. The Bertz CT molecular complexity index is 1500. The molecule has 0 spiro atoms. The number of amides is 1. The van der Waals surface area contributed by atoms with Gasteiger partial charge < -0.3 is 9.15 Å². The number of piperidine rings is 1. The number of thiazole rings is 1. The zero-order valence-corrected chi connectivity index (χ0v) is 22.8. The minimum atomic E-state index is -3.73. The van der Waals surface area contributed by atoms with Gasteiger partial charge in [-0.1, -0.05) is 29.0 Å². The maximum Gasteiger partial charge on any atom is 0.252 e. The van der Waals surface area contributed by atoms with E-state index in [1.54, 1.807) is 36.5 Å². The number of carbonyl (C=O) groups excluding carboxylic acids is 1. The number of furan rings is 1. The van der Waals surface area contributed by atoms with Gasteiger partial charge in [0.05, 0.1) is 34.9 Å². The highest BCUT2D eigenvalue weighted by molar-refractivity contribution is 7.91. The second kappa shape index (κ2) is 10.1. The minimum absolute atomic E-state index is 0.0958. The van der Waals surface area contributed by atoms with Crippen molar-refractivity contribution in [3.8, 4) is 5.75 Å². The Hall–Kier alpha value is -2.44. The molecule has 1 saturated heterocycles. The highest BCUT2D eigenvalue weighted by Crippen LogP contribution is 2.38. The molecule has 4 heterocycles. The Balaban J connectivity index is 1.48. The fourth-order valence-corrected chi connectivity index (χ4v) is 8.54. The number of hydrogen-bond acceptors (Lipinski definition) is 8. The van der Waals surface area contributed by atoms with Crippen LogP contribution in [-0.2, 0) is 21.4 Å². The molecule has 36 heavy (non-hydrogen) atoms. The summed E-state index contributed by atoms with van der Waals surface area (Å²) in [5.41, 5.74) is 1.72. The molecule has 0 bridgehead atoms. The number of sulfonamides is 1. The number of thiophene rings is 1. The first-order valence-corrected chi connectivity index (χ1v) is 14.8. The summed E-state index contributed by atoms with van der Waals surface area (Å²) in [5.74, 6) is 0.535. The van der Waals surface area contributed by atoms with Crippen LogP contribution in [-0.4, -0.2) is 43.8 Å². The third kappa shape index (κ3) is 4.78. The number of carbonyl (C=O) groups is 1. The van der Waals surface area contributed by atoms with Crippen molar-refractivity contribution < 1.29 is 22.4 Å². The maximum absolute atomic E-state index is 13.9. The largest absolute Gasteiger partial charge is 0.494 e. The smallest absolute Gasteiger partial charge is 0.252 e. The van der Waals surface area contributed by atoms with Gasteiger partial charge in [-0.05, 0) is 55.7 Å². The molecule has 5 rings (SSSR count). The van der Waals surface area contributed by atoms with E-state index in [0.717, 1.165) is 21.6 Å². The van der Waals surface area contributed by atoms with E-state index in [9.17, 15) is 13.2 Å². The average Bonchev–Trinajstić information content (AvgIpc) is 3.64. The molecule has 12 heteroatoms. The Labute approximate surface area is 222 Å². The molecule has 190 valence electrons. The van der Waals surface area contributed by atoms with E-state index in [2.05, 4.69) is 0 Å². The molecule has 0 radical (unpaired) electrons. The number of fused-ring (bicyclic) bond motifs is 1. The van der Waals surface area contributed by atoms with Crippen molar-refractivity contribution in [3.63, 3.8) is 0 Å². The number of aromatic nitrogens is 1. The van der Waals surface area contributed by atoms with E-state index in [4.69, 9.17) is 25.7 Å². The standard InChI is InChI=1S/C24H24ClN3O5S3/c1-15-7-8-18(32-2)21-22(15)35-24(26-21)28(14-17-6-4-12-33-17)23(29)16-5-3-11-27(13-16)36(30,31)20-10-9-19(25)34-20/h4,6-10,12,16H,3,5,11,13-14H2,1-2H3. The number of halogens is 1.